The number of carbonyl (C=O) groups is 1. The zero-order valence-corrected chi connectivity index (χ0v) is 27.9. The van der Waals surface area contributed by atoms with E-state index in [0.29, 0.717) is 6.42 Å². The molecular weight excluding hydrogens is 555 g/mol. The average Bonchev–Trinajstić information content (AvgIpc) is 2.93. The van der Waals surface area contributed by atoms with Crippen molar-refractivity contribution >= 4 is 11.7 Å². The number of nitrogens with zero attached hydrogens (tertiary/aromatic N) is 2. The van der Waals surface area contributed by atoms with Crippen LogP contribution in [0.3, 0.4) is 0 Å². The van der Waals surface area contributed by atoms with Crippen LogP contribution >= 0.6 is 0 Å². The zero-order chi connectivity index (χ0) is 32.2. The molecule has 1 aliphatic heterocycles. The molecule has 6 nitrogen and oxygen atoms in total. The quantitative estimate of drug-likeness (QED) is 0.216. The van der Waals surface area contributed by atoms with Gasteiger partial charge in [0.15, 0.2) is 6.10 Å². The summed E-state index contributed by atoms with van der Waals surface area (Å²) < 4.78 is 31.6. The maximum atomic E-state index is 13.5. The lowest BCUT2D eigenvalue weighted by atomic mass is 9.82. The number of pyridine rings is 1. The number of aromatic nitrogens is 1. The highest BCUT2D eigenvalue weighted by atomic mass is 19.1. The van der Waals surface area contributed by atoms with Gasteiger partial charge in [-0.25, -0.2) is 9.18 Å². The number of rotatable bonds is 10. The Morgan fingerprint density at radius 1 is 1.00 bits per heavy atom. The molecule has 2 heterocycles. The van der Waals surface area contributed by atoms with Crippen molar-refractivity contribution < 1.29 is 23.4 Å². The van der Waals surface area contributed by atoms with E-state index in [1.807, 2.05) is 60.6 Å². The van der Waals surface area contributed by atoms with Crippen molar-refractivity contribution in [1.29, 1.82) is 0 Å². The first-order valence-corrected chi connectivity index (χ1v) is 15.8. The van der Waals surface area contributed by atoms with Gasteiger partial charge in [0, 0.05) is 42.0 Å². The Labute approximate surface area is 262 Å². The van der Waals surface area contributed by atoms with Crippen molar-refractivity contribution in [2.75, 3.05) is 24.6 Å². The van der Waals surface area contributed by atoms with Crippen LogP contribution in [0, 0.1) is 25.1 Å². The Morgan fingerprint density at radius 2 is 1.61 bits per heavy atom. The minimum absolute atomic E-state index is 0.0900. The molecule has 2 aromatic carbocycles. The van der Waals surface area contributed by atoms with Gasteiger partial charge in [0.25, 0.3) is 0 Å². The third-order valence-electron chi connectivity index (χ3n) is 8.16. The van der Waals surface area contributed by atoms with E-state index in [0.717, 1.165) is 71.0 Å². The highest BCUT2D eigenvalue weighted by Gasteiger charge is 2.37. The Hall–Kier alpha value is -3.45. The molecule has 0 aliphatic carbocycles. The monoisotopic (exact) mass is 604 g/mol. The molecule has 0 spiro atoms. The van der Waals surface area contributed by atoms with E-state index in [-0.39, 0.29) is 23.9 Å². The first-order chi connectivity index (χ1) is 20.7. The lowest BCUT2D eigenvalue weighted by molar-refractivity contribution is -0.166. The maximum Gasteiger partial charge on any atom is 0.340 e. The largest absolute Gasteiger partial charge is 0.490 e. The Kier molecular flexibility index (Phi) is 10.4. The fourth-order valence-electron chi connectivity index (χ4n) is 5.89. The average molecular weight is 605 g/mol. The molecule has 44 heavy (non-hydrogen) atoms. The van der Waals surface area contributed by atoms with E-state index in [1.165, 1.54) is 12.1 Å². The Bertz CT molecular complexity index is 1420. The fraction of sp³-hybridized carbons (Fsp3) is 0.514. The van der Waals surface area contributed by atoms with E-state index >= 15 is 0 Å². The summed E-state index contributed by atoms with van der Waals surface area (Å²) in [6, 6.07) is 14.6. The van der Waals surface area contributed by atoms with Crippen molar-refractivity contribution in [2.24, 2.45) is 5.41 Å². The normalized spacial score (nSPS) is 16.4. The summed E-state index contributed by atoms with van der Waals surface area (Å²) in [6.45, 7) is 20.3. The predicted octanol–water partition coefficient (Wildman–Crippen LogP) is 8.56. The Morgan fingerprint density at radius 3 is 2.18 bits per heavy atom. The van der Waals surface area contributed by atoms with Crippen LogP contribution in [0.25, 0.3) is 11.1 Å². The van der Waals surface area contributed by atoms with Gasteiger partial charge in [-0.15, -0.1) is 0 Å². The predicted molar refractivity (Wildman–Crippen MR) is 175 cm³/mol. The summed E-state index contributed by atoms with van der Waals surface area (Å²) >= 11 is 0. The van der Waals surface area contributed by atoms with Crippen molar-refractivity contribution in [2.45, 2.75) is 99.4 Å². The molecule has 3 aromatic rings. The number of benzene rings is 2. The van der Waals surface area contributed by atoms with E-state index < -0.39 is 17.7 Å². The second-order valence-electron chi connectivity index (χ2n) is 13.7. The van der Waals surface area contributed by atoms with Crippen LogP contribution in [0.5, 0.6) is 5.75 Å². The maximum absolute atomic E-state index is 13.5. The second-order valence-corrected chi connectivity index (χ2v) is 13.7. The molecule has 0 radical (unpaired) electrons. The van der Waals surface area contributed by atoms with Crippen molar-refractivity contribution in [1.82, 2.24) is 4.98 Å². The molecule has 238 valence electrons. The van der Waals surface area contributed by atoms with Crippen LogP contribution in [0.2, 0.25) is 0 Å². The summed E-state index contributed by atoms with van der Waals surface area (Å²) in [4.78, 5) is 20.9. The third-order valence-corrected chi connectivity index (χ3v) is 8.16. The smallest absolute Gasteiger partial charge is 0.340 e. The summed E-state index contributed by atoms with van der Waals surface area (Å²) in [7, 11) is 0. The minimum atomic E-state index is -0.915. The lowest BCUT2D eigenvalue weighted by Crippen LogP contribution is -2.39. The Balaban J connectivity index is 1.76. The number of ether oxygens (including phenoxy) is 3. The van der Waals surface area contributed by atoms with E-state index in [2.05, 4.69) is 30.9 Å². The van der Waals surface area contributed by atoms with Crippen molar-refractivity contribution in [3.63, 3.8) is 0 Å². The molecule has 4 rings (SSSR count). The summed E-state index contributed by atoms with van der Waals surface area (Å²) in [6.07, 6.45) is 1.74. The highest BCUT2D eigenvalue weighted by Crippen LogP contribution is 2.45. The van der Waals surface area contributed by atoms with Crippen LogP contribution in [-0.4, -0.2) is 42.4 Å². The number of piperidine rings is 1. The molecule has 1 aliphatic rings. The topological polar surface area (TPSA) is 60.9 Å². The van der Waals surface area contributed by atoms with Crippen LogP contribution in [0.4, 0.5) is 10.1 Å². The fourth-order valence-corrected chi connectivity index (χ4v) is 5.89. The number of esters is 1. The molecule has 1 aromatic heterocycles. The minimum Gasteiger partial charge on any atom is -0.490 e. The lowest BCUT2D eigenvalue weighted by Gasteiger charge is -2.41. The molecular formula is C37H49FN2O4. The first-order valence-electron chi connectivity index (χ1n) is 15.8. The molecule has 2 unspecified atom stereocenters. The summed E-state index contributed by atoms with van der Waals surface area (Å²) in [5, 5.41) is 0. The first kappa shape index (κ1) is 33.4. The SMILES string of the molecule is CCOC(=O)C(OC(C)(C)C)c1c(C)nc(C)c(-c2ccc(OC(C)Cc3ccc(F)cc3)cc2)c1N1CCC(C)(C)CC1. The standard InChI is InChI=1S/C37H49FN2O4/c1-10-42-35(41)34(44-36(5,6)7)32-26(4)39-25(3)31(33(32)40-21-19-37(8,9)20-22-40)28-13-17-30(18-14-28)43-24(2)23-27-11-15-29(38)16-12-27/h11-18,24,34H,10,19-23H2,1-9H3. The van der Waals surface area contributed by atoms with Gasteiger partial charge in [-0.05, 0) is 102 Å². The van der Waals surface area contributed by atoms with Gasteiger partial charge in [0.2, 0.25) is 0 Å². The molecule has 2 atom stereocenters. The number of aryl methyl sites for hydroxylation is 2. The van der Waals surface area contributed by atoms with Gasteiger partial charge in [0.05, 0.1) is 24.0 Å². The van der Waals surface area contributed by atoms with Crippen molar-refractivity contribution in [3.05, 3.63) is 76.9 Å². The van der Waals surface area contributed by atoms with Gasteiger partial charge in [0.1, 0.15) is 11.6 Å². The van der Waals surface area contributed by atoms with Gasteiger partial charge < -0.3 is 19.1 Å². The summed E-state index contributed by atoms with van der Waals surface area (Å²) in [5.74, 6) is 0.107. The zero-order valence-electron chi connectivity index (χ0n) is 27.9. The van der Waals surface area contributed by atoms with Crippen LogP contribution < -0.4 is 9.64 Å². The molecule has 1 fully saturated rings. The van der Waals surface area contributed by atoms with Crippen LogP contribution in [0.15, 0.2) is 48.5 Å². The highest BCUT2D eigenvalue weighted by molar-refractivity contribution is 5.88. The molecule has 1 saturated heterocycles. The van der Waals surface area contributed by atoms with E-state index in [9.17, 15) is 9.18 Å². The molecule has 0 bridgehead atoms. The third kappa shape index (κ3) is 8.38. The van der Waals surface area contributed by atoms with Gasteiger partial charge >= 0.3 is 5.97 Å². The van der Waals surface area contributed by atoms with Crippen LogP contribution in [-0.2, 0) is 20.7 Å². The number of halogens is 1. The number of hydrogen-bond acceptors (Lipinski definition) is 6. The van der Waals surface area contributed by atoms with Crippen LogP contribution in [0.1, 0.15) is 89.9 Å². The van der Waals surface area contributed by atoms with Gasteiger partial charge in [-0.2, -0.15) is 0 Å². The van der Waals surface area contributed by atoms with E-state index in [4.69, 9.17) is 19.2 Å². The number of anilines is 1. The second kappa shape index (κ2) is 13.7. The van der Waals surface area contributed by atoms with Crippen molar-refractivity contribution in [3.8, 4) is 16.9 Å². The van der Waals surface area contributed by atoms with Gasteiger partial charge in [-0.1, -0.05) is 38.1 Å². The van der Waals surface area contributed by atoms with Gasteiger partial charge in [-0.3, -0.25) is 4.98 Å². The molecule has 0 saturated carbocycles. The van der Waals surface area contributed by atoms with E-state index in [1.54, 1.807) is 12.1 Å². The number of hydrogen-bond donors (Lipinski definition) is 0. The molecule has 0 N–H and O–H groups in total. The molecule has 7 heteroatoms. The molecule has 0 amide bonds. The summed E-state index contributed by atoms with van der Waals surface area (Å²) in [5.41, 5.74) is 6.09. The number of carbonyl (C=O) groups excluding carboxylic acids is 1.